The van der Waals surface area contributed by atoms with Crippen LogP contribution in [0.3, 0.4) is 0 Å². The molecule has 1 aliphatic heterocycles. The van der Waals surface area contributed by atoms with Crippen molar-refractivity contribution in [2.75, 3.05) is 72.7 Å². The molecule has 1 aliphatic rings. The summed E-state index contributed by atoms with van der Waals surface area (Å²) in [6.07, 6.45) is 2.10. The van der Waals surface area contributed by atoms with Crippen molar-refractivity contribution in [1.82, 2.24) is 9.80 Å². The molecule has 0 aromatic heterocycles. The van der Waals surface area contributed by atoms with Gasteiger partial charge in [0.1, 0.15) is 0 Å². The molecular formula is C13H29N3O2. The van der Waals surface area contributed by atoms with Gasteiger partial charge in [-0.1, -0.05) is 0 Å². The van der Waals surface area contributed by atoms with Crippen LogP contribution in [0.25, 0.3) is 0 Å². The number of nitrogens with two attached hydrogens (primary N) is 1. The van der Waals surface area contributed by atoms with Crippen LogP contribution in [0.4, 0.5) is 0 Å². The maximum atomic E-state index is 5.58. The zero-order valence-electron chi connectivity index (χ0n) is 11.8. The molecule has 0 radical (unpaired) electrons. The van der Waals surface area contributed by atoms with E-state index in [-0.39, 0.29) is 0 Å². The van der Waals surface area contributed by atoms with Gasteiger partial charge in [0.05, 0.1) is 6.61 Å². The van der Waals surface area contributed by atoms with E-state index in [1.165, 1.54) is 13.1 Å². The molecule has 1 saturated heterocycles. The van der Waals surface area contributed by atoms with Crippen LogP contribution in [0.15, 0.2) is 0 Å². The molecule has 0 amide bonds. The molecule has 1 fully saturated rings. The lowest BCUT2D eigenvalue weighted by Crippen LogP contribution is -2.47. The van der Waals surface area contributed by atoms with Crippen LogP contribution in [0.2, 0.25) is 0 Å². The van der Waals surface area contributed by atoms with Crippen molar-refractivity contribution in [1.29, 1.82) is 0 Å². The van der Waals surface area contributed by atoms with Crippen LogP contribution >= 0.6 is 0 Å². The van der Waals surface area contributed by atoms with Crippen molar-refractivity contribution >= 4 is 0 Å². The van der Waals surface area contributed by atoms with Gasteiger partial charge in [0.2, 0.25) is 0 Å². The van der Waals surface area contributed by atoms with Gasteiger partial charge in [-0.2, -0.15) is 0 Å². The normalized spacial score (nSPS) is 18.3. The van der Waals surface area contributed by atoms with Crippen molar-refractivity contribution in [3.8, 4) is 0 Å². The van der Waals surface area contributed by atoms with Crippen LogP contribution in [0, 0.1) is 0 Å². The third kappa shape index (κ3) is 7.28. The summed E-state index contributed by atoms with van der Waals surface area (Å²) in [7, 11) is 1.73. The Morgan fingerprint density at radius 1 is 0.889 bits per heavy atom. The molecule has 0 spiro atoms. The second kappa shape index (κ2) is 10.7. The van der Waals surface area contributed by atoms with E-state index in [9.17, 15) is 0 Å². The van der Waals surface area contributed by atoms with Gasteiger partial charge in [-0.3, -0.25) is 4.90 Å². The Kier molecular flexibility index (Phi) is 9.42. The molecule has 0 atom stereocenters. The first-order chi connectivity index (χ1) is 8.86. The van der Waals surface area contributed by atoms with Crippen LogP contribution < -0.4 is 5.73 Å². The van der Waals surface area contributed by atoms with E-state index in [4.69, 9.17) is 15.2 Å². The fourth-order valence-electron chi connectivity index (χ4n) is 2.15. The summed E-state index contributed by atoms with van der Waals surface area (Å²) < 4.78 is 10.6. The number of methoxy groups -OCH3 is 1. The number of ether oxygens (including phenoxy) is 2. The van der Waals surface area contributed by atoms with Crippen molar-refractivity contribution in [2.45, 2.75) is 12.8 Å². The monoisotopic (exact) mass is 259 g/mol. The van der Waals surface area contributed by atoms with Gasteiger partial charge in [0.15, 0.2) is 0 Å². The molecular weight excluding hydrogens is 230 g/mol. The van der Waals surface area contributed by atoms with E-state index in [0.717, 1.165) is 65.4 Å². The van der Waals surface area contributed by atoms with Crippen LogP contribution in [0.5, 0.6) is 0 Å². The SMILES string of the molecule is COCCCOCCN1CCN(CCCN)CC1. The minimum atomic E-state index is 0.791. The Hall–Kier alpha value is -0.200. The Morgan fingerprint density at radius 2 is 1.56 bits per heavy atom. The van der Waals surface area contributed by atoms with Gasteiger partial charge in [0.25, 0.3) is 0 Å². The largest absolute Gasteiger partial charge is 0.385 e. The molecule has 1 rings (SSSR count). The minimum Gasteiger partial charge on any atom is -0.385 e. The zero-order valence-corrected chi connectivity index (χ0v) is 11.8. The molecule has 2 N–H and O–H groups in total. The van der Waals surface area contributed by atoms with Crippen molar-refractivity contribution in [3.05, 3.63) is 0 Å². The van der Waals surface area contributed by atoms with Gasteiger partial charge in [0, 0.05) is 53.0 Å². The molecule has 0 aliphatic carbocycles. The summed E-state index contributed by atoms with van der Waals surface area (Å²) in [5.41, 5.74) is 5.53. The van der Waals surface area contributed by atoms with E-state index < -0.39 is 0 Å². The smallest absolute Gasteiger partial charge is 0.0593 e. The summed E-state index contributed by atoms with van der Waals surface area (Å²) >= 11 is 0. The molecule has 0 unspecified atom stereocenters. The average Bonchev–Trinajstić information content (AvgIpc) is 2.42. The summed E-state index contributed by atoms with van der Waals surface area (Å²) in [5, 5.41) is 0. The molecule has 1 heterocycles. The van der Waals surface area contributed by atoms with Crippen LogP contribution in [0.1, 0.15) is 12.8 Å². The van der Waals surface area contributed by atoms with E-state index in [2.05, 4.69) is 9.80 Å². The maximum absolute atomic E-state index is 5.58. The quantitative estimate of drug-likeness (QED) is 0.560. The molecule has 0 bridgehead atoms. The highest BCUT2D eigenvalue weighted by molar-refractivity contribution is 4.71. The lowest BCUT2D eigenvalue weighted by Gasteiger charge is -2.34. The van der Waals surface area contributed by atoms with E-state index >= 15 is 0 Å². The van der Waals surface area contributed by atoms with E-state index in [1.54, 1.807) is 7.11 Å². The van der Waals surface area contributed by atoms with Crippen LogP contribution in [-0.4, -0.2) is 82.5 Å². The fourth-order valence-corrected chi connectivity index (χ4v) is 2.15. The molecule has 5 heteroatoms. The van der Waals surface area contributed by atoms with Gasteiger partial charge in [-0.25, -0.2) is 0 Å². The second-order valence-electron chi connectivity index (χ2n) is 4.78. The van der Waals surface area contributed by atoms with Crippen molar-refractivity contribution in [2.24, 2.45) is 5.73 Å². The molecule has 108 valence electrons. The average molecular weight is 259 g/mol. The zero-order chi connectivity index (χ0) is 13.1. The molecule has 0 saturated carbocycles. The number of hydrogen-bond acceptors (Lipinski definition) is 5. The third-order valence-corrected chi connectivity index (χ3v) is 3.33. The van der Waals surface area contributed by atoms with Crippen molar-refractivity contribution in [3.63, 3.8) is 0 Å². The summed E-state index contributed by atoms with van der Waals surface area (Å²) in [6, 6.07) is 0. The lowest BCUT2D eigenvalue weighted by atomic mass is 10.3. The third-order valence-electron chi connectivity index (χ3n) is 3.33. The number of piperazine rings is 1. The highest BCUT2D eigenvalue weighted by atomic mass is 16.5. The first-order valence-electron chi connectivity index (χ1n) is 7.08. The molecule has 0 aromatic carbocycles. The summed E-state index contributed by atoms with van der Waals surface area (Å²) in [4.78, 5) is 4.98. The first kappa shape index (κ1) is 15.9. The number of hydrogen-bond donors (Lipinski definition) is 1. The van der Waals surface area contributed by atoms with E-state index in [1.807, 2.05) is 0 Å². The van der Waals surface area contributed by atoms with Gasteiger partial charge in [-0.05, 0) is 25.9 Å². The fraction of sp³-hybridized carbons (Fsp3) is 1.00. The highest BCUT2D eigenvalue weighted by Gasteiger charge is 2.15. The number of nitrogens with zero attached hydrogens (tertiary/aromatic N) is 2. The highest BCUT2D eigenvalue weighted by Crippen LogP contribution is 2.02. The topological polar surface area (TPSA) is 51.0 Å². The predicted molar refractivity (Wildman–Crippen MR) is 73.9 cm³/mol. The molecule has 5 nitrogen and oxygen atoms in total. The lowest BCUT2D eigenvalue weighted by molar-refractivity contribution is 0.0651. The molecule has 18 heavy (non-hydrogen) atoms. The molecule has 0 aromatic rings. The summed E-state index contributed by atoms with van der Waals surface area (Å²) in [5.74, 6) is 0. The predicted octanol–water partition coefficient (Wildman–Crippen LogP) is 0.00590. The standard InChI is InChI=1S/C13H29N3O2/c1-17-11-3-12-18-13-10-16-8-6-15(7-9-16)5-2-4-14/h2-14H2,1H3. The van der Waals surface area contributed by atoms with E-state index in [0.29, 0.717) is 0 Å². The number of rotatable bonds is 10. The Labute approximate surface area is 111 Å². The van der Waals surface area contributed by atoms with Gasteiger partial charge < -0.3 is 20.1 Å². The summed E-state index contributed by atoms with van der Waals surface area (Å²) in [6.45, 7) is 10.1. The van der Waals surface area contributed by atoms with Gasteiger partial charge in [-0.15, -0.1) is 0 Å². The Bertz CT molecular complexity index is 185. The first-order valence-corrected chi connectivity index (χ1v) is 7.08. The maximum Gasteiger partial charge on any atom is 0.0593 e. The van der Waals surface area contributed by atoms with Crippen LogP contribution in [-0.2, 0) is 9.47 Å². The van der Waals surface area contributed by atoms with Gasteiger partial charge >= 0.3 is 0 Å². The van der Waals surface area contributed by atoms with Crippen molar-refractivity contribution < 1.29 is 9.47 Å². The second-order valence-corrected chi connectivity index (χ2v) is 4.78. The Balaban J connectivity index is 1.92. The minimum absolute atomic E-state index is 0.791. The Morgan fingerprint density at radius 3 is 2.17 bits per heavy atom.